The Morgan fingerprint density at radius 3 is 2.53 bits per heavy atom. The molecule has 8 nitrogen and oxygen atoms in total. The highest BCUT2D eigenvalue weighted by Crippen LogP contribution is 2.38. The van der Waals surface area contributed by atoms with Crippen LogP contribution in [-0.4, -0.2) is 64.5 Å². The molecule has 0 unspecified atom stereocenters. The molecular weight excluding hydrogens is 502 g/mol. The Morgan fingerprint density at radius 2 is 1.74 bits per heavy atom. The first-order valence-electron chi connectivity index (χ1n) is 12.7. The van der Waals surface area contributed by atoms with Crippen LogP contribution in [0.1, 0.15) is 37.4 Å². The van der Waals surface area contributed by atoms with Gasteiger partial charge in [-0.15, -0.1) is 0 Å². The topological polar surface area (TPSA) is 96.0 Å². The van der Waals surface area contributed by atoms with Crippen LogP contribution in [0.4, 0.5) is 5.69 Å². The van der Waals surface area contributed by atoms with Gasteiger partial charge in [0.2, 0.25) is 9.84 Å². The summed E-state index contributed by atoms with van der Waals surface area (Å²) in [6.45, 7) is 8.25. The number of morpholine rings is 1. The minimum absolute atomic E-state index is 0.00553. The first kappa shape index (κ1) is 26.1. The van der Waals surface area contributed by atoms with Gasteiger partial charge in [0.05, 0.1) is 40.8 Å². The smallest absolute Gasteiger partial charge is 0.259 e. The van der Waals surface area contributed by atoms with E-state index in [9.17, 15) is 18.0 Å². The second kappa shape index (κ2) is 10.7. The Morgan fingerprint density at radius 1 is 0.974 bits per heavy atom. The molecule has 0 atom stereocenters. The molecule has 3 aromatic rings. The zero-order valence-corrected chi connectivity index (χ0v) is 22.4. The number of rotatable bonds is 6. The van der Waals surface area contributed by atoms with Gasteiger partial charge in [-0.3, -0.25) is 14.5 Å². The number of sulfone groups is 1. The van der Waals surface area contributed by atoms with E-state index in [-0.39, 0.29) is 33.5 Å². The molecule has 2 amide bonds. The van der Waals surface area contributed by atoms with Gasteiger partial charge >= 0.3 is 0 Å². The molecule has 1 saturated heterocycles. The number of fused-ring (bicyclic) bond motifs is 2. The first-order valence-corrected chi connectivity index (χ1v) is 14.2. The largest absolute Gasteiger partial charge is 0.379 e. The lowest BCUT2D eigenvalue weighted by Gasteiger charge is -2.26. The normalized spacial score (nSPS) is 16.9. The second-order valence-corrected chi connectivity index (χ2v) is 11.6. The van der Waals surface area contributed by atoms with E-state index in [0.29, 0.717) is 31.9 Å². The number of ether oxygens (including phenoxy) is 1. The average Bonchev–Trinajstić information content (AvgIpc) is 2.99. The fourth-order valence-electron chi connectivity index (χ4n) is 4.90. The van der Waals surface area contributed by atoms with Crippen molar-refractivity contribution in [3.63, 3.8) is 0 Å². The number of nitrogens with one attached hydrogen (secondary N) is 1. The molecule has 0 saturated carbocycles. The molecule has 3 aromatic carbocycles. The van der Waals surface area contributed by atoms with Crippen LogP contribution in [0.25, 0.3) is 0 Å². The van der Waals surface area contributed by atoms with Crippen molar-refractivity contribution in [2.24, 2.45) is 0 Å². The molecule has 0 aromatic heterocycles. The number of aryl methyl sites for hydroxylation is 2. The number of carbonyl (C=O) groups is 2. The van der Waals surface area contributed by atoms with E-state index in [4.69, 9.17) is 4.74 Å². The molecule has 1 fully saturated rings. The summed E-state index contributed by atoms with van der Waals surface area (Å²) in [6, 6.07) is 16.7. The standard InChI is InChI=1S/C29H31N3O5S/c1-20-7-8-21(2)23(17-20)19-32-25-18-22(28(33)30-11-12-31-13-15-37-16-14-31)9-10-27(25)38(35,36)26-6-4-3-5-24(26)29(32)34/h3-10,17-18H,11-16,19H2,1-2H3,(H,30,33). The molecule has 38 heavy (non-hydrogen) atoms. The fourth-order valence-corrected chi connectivity index (χ4v) is 6.53. The van der Waals surface area contributed by atoms with Gasteiger partial charge in [0, 0.05) is 31.7 Å². The number of nitrogens with zero attached hydrogens (tertiary/aromatic N) is 2. The molecule has 0 aliphatic carbocycles. The number of benzene rings is 3. The van der Waals surface area contributed by atoms with E-state index in [1.807, 2.05) is 32.0 Å². The SMILES string of the molecule is Cc1ccc(C)c(CN2C(=O)c3ccccc3S(=O)(=O)c3ccc(C(=O)NCCN4CCOCC4)cc32)c1. The van der Waals surface area contributed by atoms with Crippen LogP contribution < -0.4 is 10.2 Å². The van der Waals surface area contributed by atoms with Crippen LogP contribution in [0, 0.1) is 13.8 Å². The lowest BCUT2D eigenvalue weighted by atomic mass is 10.0. The van der Waals surface area contributed by atoms with Gasteiger partial charge in [-0.25, -0.2) is 8.42 Å². The zero-order chi connectivity index (χ0) is 26.9. The van der Waals surface area contributed by atoms with Crippen molar-refractivity contribution >= 4 is 27.3 Å². The summed E-state index contributed by atoms with van der Waals surface area (Å²) in [5.74, 6) is -0.743. The third-order valence-electron chi connectivity index (χ3n) is 7.10. The van der Waals surface area contributed by atoms with Crippen molar-refractivity contribution in [1.29, 1.82) is 0 Å². The monoisotopic (exact) mass is 533 g/mol. The molecule has 1 N–H and O–H groups in total. The van der Waals surface area contributed by atoms with Crippen LogP contribution in [0.5, 0.6) is 0 Å². The molecule has 0 bridgehead atoms. The minimum atomic E-state index is -4.00. The third-order valence-corrected chi connectivity index (χ3v) is 8.96. The van der Waals surface area contributed by atoms with Gasteiger partial charge in [0.15, 0.2) is 0 Å². The predicted molar refractivity (Wildman–Crippen MR) is 144 cm³/mol. The minimum Gasteiger partial charge on any atom is -0.379 e. The van der Waals surface area contributed by atoms with Gasteiger partial charge in [0.25, 0.3) is 11.8 Å². The molecule has 9 heteroatoms. The van der Waals surface area contributed by atoms with Crippen molar-refractivity contribution < 1.29 is 22.7 Å². The molecular formula is C29H31N3O5S. The van der Waals surface area contributed by atoms with Crippen LogP contribution in [0.2, 0.25) is 0 Å². The average molecular weight is 534 g/mol. The van der Waals surface area contributed by atoms with Crippen molar-refractivity contribution in [3.8, 4) is 0 Å². The molecule has 2 aliphatic rings. The van der Waals surface area contributed by atoms with Gasteiger partial charge in [-0.2, -0.15) is 0 Å². The molecule has 0 spiro atoms. The van der Waals surface area contributed by atoms with Crippen molar-refractivity contribution in [1.82, 2.24) is 10.2 Å². The summed E-state index contributed by atoms with van der Waals surface area (Å²) < 4.78 is 32.8. The van der Waals surface area contributed by atoms with Crippen molar-refractivity contribution in [3.05, 3.63) is 88.5 Å². The van der Waals surface area contributed by atoms with Crippen LogP contribution in [-0.2, 0) is 21.1 Å². The fraction of sp³-hybridized carbons (Fsp3) is 0.310. The highest BCUT2D eigenvalue weighted by molar-refractivity contribution is 7.91. The van der Waals surface area contributed by atoms with Crippen molar-refractivity contribution in [2.45, 2.75) is 30.2 Å². The number of hydrogen-bond acceptors (Lipinski definition) is 6. The van der Waals surface area contributed by atoms with E-state index >= 15 is 0 Å². The maximum absolute atomic E-state index is 13.9. The van der Waals surface area contributed by atoms with Crippen molar-refractivity contribution in [2.75, 3.05) is 44.3 Å². The Balaban J connectivity index is 1.52. The summed E-state index contributed by atoms with van der Waals surface area (Å²) >= 11 is 0. The van der Waals surface area contributed by atoms with Gasteiger partial charge in [-0.05, 0) is 55.3 Å². The maximum atomic E-state index is 13.9. The number of hydrogen-bond donors (Lipinski definition) is 1. The highest BCUT2D eigenvalue weighted by Gasteiger charge is 2.36. The van der Waals surface area contributed by atoms with Crippen LogP contribution in [0.3, 0.4) is 0 Å². The molecule has 2 aliphatic heterocycles. The van der Waals surface area contributed by atoms with Gasteiger partial charge < -0.3 is 15.0 Å². The summed E-state index contributed by atoms with van der Waals surface area (Å²) in [4.78, 5) is 30.6. The quantitative estimate of drug-likeness (QED) is 0.522. The van der Waals surface area contributed by atoms with E-state index in [1.165, 1.54) is 35.2 Å². The Bertz CT molecular complexity index is 1500. The summed E-state index contributed by atoms with van der Waals surface area (Å²) in [7, 11) is -4.00. The number of anilines is 1. The summed E-state index contributed by atoms with van der Waals surface area (Å²) in [6.07, 6.45) is 0. The molecule has 5 rings (SSSR count). The van der Waals surface area contributed by atoms with Gasteiger partial charge in [-0.1, -0.05) is 35.9 Å². The molecule has 198 valence electrons. The second-order valence-electron chi connectivity index (χ2n) is 9.71. The van der Waals surface area contributed by atoms with E-state index in [2.05, 4.69) is 10.2 Å². The van der Waals surface area contributed by atoms with E-state index < -0.39 is 15.7 Å². The maximum Gasteiger partial charge on any atom is 0.259 e. The lowest BCUT2D eigenvalue weighted by Crippen LogP contribution is -2.41. The molecule has 2 heterocycles. The van der Waals surface area contributed by atoms with E-state index in [0.717, 1.165) is 29.8 Å². The summed E-state index contributed by atoms with van der Waals surface area (Å²) in [5.41, 5.74) is 3.54. The first-order chi connectivity index (χ1) is 18.3. The Labute approximate surface area is 223 Å². The number of carbonyl (C=O) groups excluding carboxylic acids is 2. The zero-order valence-electron chi connectivity index (χ0n) is 21.6. The summed E-state index contributed by atoms with van der Waals surface area (Å²) in [5, 5.41) is 2.92. The van der Waals surface area contributed by atoms with Crippen LogP contribution >= 0.6 is 0 Å². The van der Waals surface area contributed by atoms with Crippen LogP contribution in [0.15, 0.2) is 70.5 Å². The Kier molecular flexibility index (Phi) is 7.34. The molecule has 0 radical (unpaired) electrons. The van der Waals surface area contributed by atoms with E-state index in [1.54, 1.807) is 12.1 Å². The third kappa shape index (κ3) is 5.09. The Hall–Kier alpha value is -3.53. The number of amides is 2. The predicted octanol–water partition coefficient (Wildman–Crippen LogP) is 3.36. The highest BCUT2D eigenvalue weighted by atomic mass is 32.2. The lowest BCUT2D eigenvalue weighted by molar-refractivity contribution is 0.0383. The van der Waals surface area contributed by atoms with Gasteiger partial charge in [0.1, 0.15) is 0 Å².